The van der Waals surface area contributed by atoms with E-state index in [1.807, 2.05) is 6.92 Å². The molecule has 2 unspecified atom stereocenters. The highest BCUT2D eigenvalue weighted by atomic mass is 35.5. The molecule has 1 aliphatic rings. The molecular weight excluding hydrogens is 266 g/mol. The van der Waals surface area contributed by atoms with Crippen LogP contribution in [-0.4, -0.2) is 30.4 Å². The molecule has 0 aromatic carbocycles. The van der Waals surface area contributed by atoms with Crippen LogP contribution in [-0.2, 0) is 9.59 Å². The molecule has 0 radical (unpaired) electrons. The van der Waals surface area contributed by atoms with E-state index in [1.165, 1.54) is 0 Å². The van der Waals surface area contributed by atoms with Gasteiger partial charge < -0.3 is 16.4 Å². The minimum absolute atomic E-state index is 0. The molecule has 1 saturated heterocycles. The Hall–Kier alpha value is -0.810. The van der Waals surface area contributed by atoms with Gasteiger partial charge in [0.05, 0.1) is 0 Å². The summed E-state index contributed by atoms with van der Waals surface area (Å²) < 4.78 is 0. The summed E-state index contributed by atoms with van der Waals surface area (Å²) in [5.41, 5.74) is 5.39. The Morgan fingerprint density at radius 3 is 2.68 bits per heavy atom. The molecule has 0 aliphatic carbocycles. The number of hydrogen-bond acceptors (Lipinski definition) is 3. The molecular formula is C13H26ClN3O2. The molecule has 6 heteroatoms. The molecule has 0 spiro atoms. The van der Waals surface area contributed by atoms with Crippen LogP contribution in [0.3, 0.4) is 0 Å². The van der Waals surface area contributed by atoms with Crippen LogP contribution in [0.5, 0.6) is 0 Å². The molecule has 112 valence electrons. The number of nitrogens with one attached hydrogen (secondary N) is 2. The molecule has 19 heavy (non-hydrogen) atoms. The van der Waals surface area contributed by atoms with Crippen molar-refractivity contribution in [3.8, 4) is 0 Å². The SMILES string of the molecule is CC(C)CC(C)(CN)NC(=O)C1CCNC(=O)C1.Cl. The molecule has 4 N–H and O–H groups in total. The Morgan fingerprint density at radius 1 is 1.58 bits per heavy atom. The highest BCUT2D eigenvalue weighted by Crippen LogP contribution is 2.18. The van der Waals surface area contributed by atoms with E-state index in [0.717, 1.165) is 6.42 Å². The second kappa shape index (κ2) is 7.70. The fraction of sp³-hybridized carbons (Fsp3) is 0.846. The van der Waals surface area contributed by atoms with Crippen molar-refractivity contribution < 1.29 is 9.59 Å². The predicted octanol–water partition coefficient (Wildman–Crippen LogP) is 0.814. The quantitative estimate of drug-likeness (QED) is 0.701. The van der Waals surface area contributed by atoms with E-state index >= 15 is 0 Å². The summed E-state index contributed by atoms with van der Waals surface area (Å²) in [7, 11) is 0. The summed E-state index contributed by atoms with van der Waals surface area (Å²) in [6.45, 7) is 7.17. The van der Waals surface area contributed by atoms with Gasteiger partial charge in [0.2, 0.25) is 11.8 Å². The van der Waals surface area contributed by atoms with Gasteiger partial charge in [0, 0.05) is 31.0 Å². The van der Waals surface area contributed by atoms with Crippen molar-refractivity contribution in [2.75, 3.05) is 13.1 Å². The van der Waals surface area contributed by atoms with Crippen LogP contribution >= 0.6 is 12.4 Å². The first-order valence-electron chi connectivity index (χ1n) is 6.65. The van der Waals surface area contributed by atoms with Crippen molar-refractivity contribution in [1.82, 2.24) is 10.6 Å². The zero-order valence-electron chi connectivity index (χ0n) is 12.0. The third-order valence-corrected chi connectivity index (χ3v) is 3.35. The van der Waals surface area contributed by atoms with Crippen molar-refractivity contribution >= 4 is 24.2 Å². The predicted molar refractivity (Wildman–Crippen MR) is 78.0 cm³/mol. The third-order valence-electron chi connectivity index (χ3n) is 3.35. The summed E-state index contributed by atoms with van der Waals surface area (Å²) in [5, 5.41) is 5.75. The number of hydrogen-bond donors (Lipinski definition) is 3. The lowest BCUT2D eigenvalue weighted by atomic mass is 9.88. The van der Waals surface area contributed by atoms with Gasteiger partial charge >= 0.3 is 0 Å². The molecule has 1 fully saturated rings. The molecule has 0 bridgehead atoms. The van der Waals surface area contributed by atoms with E-state index in [1.54, 1.807) is 0 Å². The molecule has 0 aromatic heterocycles. The summed E-state index contributed by atoms with van der Waals surface area (Å²) >= 11 is 0. The van der Waals surface area contributed by atoms with Gasteiger partial charge in [-0.1, -0.05) is 13.8 Å². The molecule has 1 heterocycles. The first-order chi connectivity index (χ1) is 8.36. The Balaban J connectivity index is 0.00000324. The standard InChI is InChI=1S/C13H25N3O2.ClH/c1-9(2)7-13(3,8-14)16-12(18)10-4-5-15-11(17)6-10;/h9-10H,4-8,14H2,1-3H3,(H,15,17)(H,16,18);1H. The van der Waals surface area contributed by atoms with Crippen molar-refractivity contribution in [3.05, 3.63) is 0 Å². The van der Waals surface area contributed by atoms with Gasteiger partial charge in [-0.25, -0.2) is 0 Å². The number of carbonyl (C=O) groups is 2. The van der Waals surface area contributed by atoms with Crippen LogP contribution in [0.25, 0.3) is 0 Å². The van der Waals surface area contributed by atoms with E-state index in [4.69, 9.17) is 5.73 Å². The monoisotopic (exact) mass is 291 g/mol. The second-order valence-electron chi connectivity index (χ2n) is 5.89. The highest BCUT2D eigenvalue weighted by Gasteiger charge is 2.31. The van der Waals surface area contributed by atoms with Crippen molar-refractivity contribution in [3.63, 3.8) is 0 Å². The number of carbonyl (C=O) groups excluding carboxylic acids is 2. The van der Waals surface area contributed by atoms with Crippen LogP contribution in [0.4, 0.5) is 0 Å². The van der Waals surface area contributed by atoms with E-state index < -0.39 is 0 Å². The third kappa shape index (κ3) is 5.78. The Kier molecular flexibility index (Phi) is 7.37. The number of piperidine rings is 1. The number of rotatable bonds is 5. The minimum Gasteiger partial charge on any atom is -0.356 e. The van der Waals surface area contributed by atoms with Crippen molar-refractivity contribution in [2.24, 2.45) is 17.6 Å². The average Bonchev–Trinajstić information content (AvgIpc) is 2.27. The van der Waals surface area contributed by atoms with Gasteiger partial charge in [0.1, 0.15) is 0 Å². The lowest BCUT2D eigenvalue weighted by molar-refractivity contribution is -0.133. The normalized spacial score (nSPS) is 22.2. The lowest BCUT2D eigenvalue weighted by Crippen LogP contribution is -2.55. The van der Waals surface area contributed by atoms with E-state index in [9.17, 15) is 9.59 Å². The van der Waals surface area contributed by atoms with E-state index in [-0.39, 0.29) is 42.1 Å². The maximum absolute atomic E-state index is 12.2. The van der Waals surface area contributed by atoms with Crippen LogP contribution in [0, 0.1) is 11.8 Å². The summed E-state index contributed by atoms with van der Waals surface area (Å²) in [4.78, 5) is 23.4. The highest BCUT2D eigenvalue weighted by molar-refractivity contribution is 5.87. The fourth-order valence-corrected chi connectivity index (χ4v) is 2.49. The molecule has 2 amide bonds. The van der Waals surface area contributed by atoms with Gasteiger partial charge in [-0.3, -0.25) is 9.59 Å². The van der Waals surface area contributed by atoms with Crippen LogP contribution in [0.2, 0.25) is 0 Å². The molecule has 0 aromatic rings. The van der Waals surface area contributed by atoms with E-state index in [0.29, 0.717) is 25.4 Å². The molecule has 1 aliphatic heterocycles. The Labute approximate surface area is 121 Å². The molecule has 1 rings (SSSR count). The lowest BCUT2D eigenvalue weighted by Gasteiger charge is -2.33. The Bertz CT molecular complexity index is 323. The molecule has 2 atom stereocenters. The maximum Gasteiger partial charge on any atom is 0.224 e. The Morgan fingerprint density at radius 2 is 2.21 bits per heavy atom. The van der Waals surface area contributed by atoms with Gasteiger partial charge in [-0.15, -0.1) is 12.4 Å². The summed E-state index contributed by atoms with van der Waals surface area (Å²) in [5.74, 6) is 0.170. The second-order valence-corrected chi connectivity index (χ2v) is 5.89. The molecule has 5 nitrogen and oxygen atoms in total. The van der Waals surface area contributed by atoms with Crippen molar-refractivity contribution in [2.45, 2.75) is 45.6 Å². The average molecular weight is 292 g/mol. The van der Waals surface area contributed by atoms with Gasteiger partial charge in [0.25, 0.3) is 0 Å². The first kappa shape index (κ1) is 18.2. The molecule has 0 saturated carbocycles. The largest absolute Gasteiger partial charge is 0.356 e. The summed E-state index contributed by atoms with van der Waals surface area (Å²) in [6, 6.07) is 0. The summed E-state index contributed by atoms with van der Waals surface area (Å²) in [6.07, 6.45) is 1.84. The smallest absolute Gasteiger partial charge is 0.224 e. The zero-order valence-corrected chi connectivity index (χ0v) is 12.8. The maximum atomic E-state index is 12.2. The van der Waals surface area contributed by atoms with E-state index in [2.05, 4.69) is 24.5 Å². The number of amides is 2. The van der Waals surface area contributed by atoms with Crippen LogP contribution in [0.15, 0.2) is 0 Å². The minimum atomic E-state index is -0.376. The van der Waals surface area contributed by atoms with Gasteiger partial charge in [0.15, 0.2) is 0 Å². The van der Waals surface area contributed by atoms with Crippen molar-refractivity contribution in [1.29, 1.82) is 0 Å². The topological polar surface area (TPSA) is 84.2 Å². The van der Waals surface area contributed by atoms with Crippen LogP contribution < -0.4 is 16.4 Å². The number of halogens is 1. The van der Waals surface area contributed by atoms with Gasteiger partial charge in [-0.05, 0) is 25.7 Å². The number of nitrogens with two attached hydrogens (primary N) is 1. The zero-order chi connectivity index (χ0) is 13.8. The van der Waals surface area contributed by atoms with Gasteiger partial charge in [-0.2, -0.15) is 0 Å². The van der Waals surface area contributed by atoms with Crippen LogP contribution in [0.1, 0.15) is 40.0 Å². The fourth-order valence-electron chi connectivity index (χ4n) is 2.49. The first-order valence-corrected chi connectivity index (χ1v) is 6.65.